The number of esters is 4. The smallest absolute Gasteiger partial charge is 0.462 e. The highest BCUT2D eigenvalue weighted by Gasteiger charge is 2.30. The second-order valence-electron chi connectivity index (χ2n) is 26.3. The summed E-state index contributed by atoms with van der Waals surface area (Å²) < 4.78 is 68.4. The molecule has 17 nitrogen and oxygen atoms in total. The predicted octanol–water partition coefficient (Wildman–Crippen LogP) is 22.8. The maximum absolute atomic E-state index is 13.1. The van der Waals surface area contributed by atoms with Gasteiger partial charge in [0.1, 0.15) is 19.3 Å². The quantitative estimate of drug-likeness (QED) is 0.0169. The van der Waals surface area contributed by atoms with Gasteiger partial charge >= 0.3 is 39.5 Å². The van der Waals surface area contributed by atoms with Gasteiger partial charge in [-0.1, -0.05) is 292 Å². The molecule has 0 heterocycles. The number of rotatable bonds is 74. The molecule has 19 heteroatoms. The van der Waals surface area contributed by atoms with Crippen molar-refractivity contribution >= 4 is 39.5 Å². The molecule has 0 bridgehead atoms. The van der Waals surface area contributed by atoms with E-state index in [1.807, 2.05) is 18.2 Å². The lowest BCUT2D eigenvalue weighted by atomic mass is 10.0. The topological polar surface area (TPSA) is 237 Å². The van der Waals surface area contributed by atoms with Crippen molar-refractivity contribution in [3.63, 3.8) is 0 Å². The molecular weight excluding hydrogens is 1310 g/mol. The summed E-state index contributed by atoms with van der Waals surface area (Å²) >= 11 is 0. The fourth-order valence-electron chi connectivity index (χ4n) is 10.5. The predicted molar refractivity (Wildman–Crippen MR) is 409 cm³/mol. The maximum atomic E-state index is 13.1. The van der Waals surface area contributed by atoms with Crippen LogP contribution in [-0.2, 0) is 65.4 Å². The molecule has 0 spiro atoms. The largest absolute Gasteiger partial charge is 0.472 e. The summed E-state index contributed by atoms with van der Waals surface area (Å²) in [5.74, 6) is -2.27. The lowest BCUT2D eigenvalue weighted by molar-refractivity contribution is -0.161. The fourth-order valence-corrected chi connectivity index (χ4v) is 12.1. The molecule has 0 rings (SSSR count). The van der Waals surface area contributed by atoms with E-state index >= 15 is 0 Å². The SMILES string of the molecule is CC/C=C\C/C=C\C/C=C\C/C=C\C/C=C\C/C=C\CCC(=O)O[C@H](COC(=O)CCCCCCC/C=C\CCCCCC)COP(=O)(O)OC[C@@H](O)COP(=O)(O)OC[C@@H](COC(=O)CCCCCCCCCCCCCCCCC)OC(=O)CCCCCCC/C=C\CCCCCC. The Morgan fingerprint density at radius 2 is 0.540 bits per heavy atom. The van der Waals surface area contributed by atoms with Crippen LogP contribution in [-0.4, -0.2) is 96.7 Å². The van der Waals surface area contributed by atoms with Gasteiger partial charge in [0.05, 0.1) is 26.4 Å². The van der Waals surface area contributed by atoms with E-state index in [1.54, 1.807) is 0 Å². The molecule has 0 aromatic heterocycles. The molecule has 0 saturated carbocycles. The zero-order valence-corrected chi connectivity index (χ0v) is 64.9. The van der Waals surface area contributed by atoms with Crippen LogP contribution in [0.2, 0.25) is 0 Å². The molecule has 0 saturated heterocycles. The third kappa shape index (κ3) is 72.3. The number of allylic oxidation sites excluding steroid dienone is 16. The van der Waals surface area contributed by atoms with Gasteiger partial charge in [0.15, 0.2) is 12.2 Å². The van der Waals surface area contributed by atoms with Gasteiger partial charge in [-0.2, -0.15) is 0 Å². The molecular formula is C81H142O17P2. The highest BCUT2D eigenvalue weighted by molar-refractivity contribution is 7.47. The van der Waals surface area contributed by atoms with E-state index < -0.39 is 97.5 Å². The van der Waals surface area contributed by atoms with Crippen molar-refractivity contribution in [2.45, 2.75) is 354 Å². The number of hydrogen-bond donors (Lipinski definition) is 3. The normalized spacial score (nSPS) is 14.4. The van der Waals surface area contributed by atoms with Crippen LogP contribution in [0.15, 0.2) is 97.2 Å². The van der Waals surface area contributed by atoms with Crippen LogP contribution < -0.4 is 0 Å². The molecule has 0 amide bonds. The Morgan fingerprint density at radius 1 is 0.290 bits per heavy atom. The van der Waals surface area contributed by atoms with Crippen molar-refractivity contribution in [2.75, 3.05) is 39.6 Å². The number of phosphoric acid groups is 2. The standard InChI is InChI=1S/C81H142O17P2/c1-5-9-13-17-21-25-29-33-35-36-37-38-40-44-48-52-56-60-64-68-81(86)98-77(71-91-78(83)65-61-57-53-49-45-41-31-27-23-19-15-11-7-3)74-96-100(89,90)94-70-75(82)69-93-99(87,88)95-73-76(97-80(85)67-63-59-55-51-47-42-32-28-24-20-16-12-8-4)72-92-79(84)66-62-58-54-50-46-43-39-34-30-26-22-18-14-10-6-2/h9,13,21,25,27-28,31-33,35,37-38,44,48,56,60,75-77,82H,5-8,10-12,14-20,22-24,26,29-30,34,36,39-43,45-47,49-55,57-59,61-74H2,1-4H3,(H,87,88)(H,89,90)/b13-9-,25-21-,31-27-,32-28-,35-33-,38-37-,48-44-,60-56-/t75-,76+,77+/m0/s1. The first-order valence-electron chi connectivity index (χ1n) is 39.5. The van der Waals surface area contributed by atoms with Crippen LogP contribution in [0.1, 0.15) is 336 Å². The summed E-state index contributed by atoms with van der Waals surface area (Å²) in [6, 6.07) is 0. The first-order chi connectivity index (χ1) is 48.7. The lowest BCUT2D eigenvalue weighted by Gasteiger charge is -2.21. The van der Waals surface area contributed by atoms with Crippen molar-refractivity contribution in [3.8, 4) is 0 Å². The number of carbonyl (C=O) groups is 4. The van der Waals surface area contributed by atoms with E-state index in [0.717, 1.165) is 128 Å². The summed E-state index contributed by atoms with van der Waals surface area (Å²) in [5.41, 5.74) is 0. The van der Waals surface area contributed by atoms with Crippen molar-refractivity contribution in [1.29, 1.82) is 0 Å². The van der Waals surface area contributed by atoms with Gasteiger partial charge in [-0.05, 0) is 116 Å². The van der Waals surface area contributed by atoms with Gasteiger partial charge < -0.3 is 33.8 Å². The second-order valence-corrected chi connectivity index (χ2v) is 29.2. The van der Waals surface area contributed by atoms with Gasteiger partial charge in [0.2, 0.25) is 0 Å². The Bertz CT molecular complexity index is 2270. The number of unbranched alkanes of at least 4 members (excludes halogenated alkanes) is 32. The number of carbonyl (C=O) groups excluding carboxylic acids is 4. The van der Waals surface area contributed by atoms with E-state index in [9.17, 15) is 43.2 Å². The Labute approximate surface area is 607 Å². The Hall–Kier alpha value is -4.02. The molecule has 0 aliphatic rings. The minimum Gasteiger partial charge on any atom is -0.462 e. The first-order valence-corrected chi connectivity index (χ1v) is 42.5. The van der Waals surface area contributed by atoms with Crippen LogP contribution in [0.25, 0.3) is 0 Å². The lowest BCUT2D eigenvalue weighted by Crippen LogP contribution is -2.30. The third-order valence-electron chi connectivity index (χ3n) is 16.5. The average molecular weight is 1450 g/mol. The molecule has 0 aliphatic heterocycles. The highest BCUT2D eigenvalue weighted by atomic mass is 31.2. The van der Waals surface area contributed by atoms with Crippen LogP contribution in [0.4, 0.5) is 0 Å². The van der Waals surface area contributed by atoms with Gasteiger partial charge in [-0.25, -0.2) is 9.13 Å². The van der Waals surface area contributed by atoms with Crippen molar-refractivity contribution < 1.29 is 80.2 Å². The van der Waals surface area contributed by atoms with E-state index in [4.69, 9.17) is 37.0 Å². The third-order valence-corrected chi connectivity index (χ3v) is 18.4. The molecule has 0 aromatic carbocycles. The zero-order valence-electron chi connectivity index (χ0n) is 63.1. The number of aliphatic hydroxyl groups excluding tert-OH is 1. The first kappa shape index (κ1) is 96.0. The van der Waals surface area contributed by atoms with E-state index in [0.29, 0.717) is 32.1 Å². The molecule has 0 aliphatic carbocycles. The van der Waals surface area contributed by atoms with Crippen LogP contribution in [0.5, 0.6) is 0 Å². The minimum atomic E-state index is -4.99. The molecule has 0 aromatic rings. The number of aliphatic hydroxyl groups is 1. The van der Waals surface area contributed by atoms with Crippen molar-refractivity contribution in [1.82, 2.24) is 0 Å². The van der Waals surface area contributed by atoms with Gasteiger partial charge in [0.25, 0.3) is 0 Å². The Morgan fingerprint density at radius 3 is 0.870 bits per heavy atom. The van der Waals surface area contributed by atoms with Crippen LogP contribution >= 0.6 is 15.6 Å². The van der Waals surface area contributed by atoms with Crippen LogP contribution in [0, 0.1) is 0 Å². The molecule has 0 radical (unpaired) electrons. The summed E-state index contributed by atoms with van der Waals surface area (Å²) in [6.45, 7) is 4.66. The minimum absolute atomic E-state index is 0.0315. The molecule has 100 heavy (non-hydrogen) atoms. The fraction of sp³-hybridized carbons (Fsp3) is 0.753. The number of phosphoric ester groups is 2. The van der Waals surface area contributed by atoms with Gasteiger partial charge in [-0.3, -0.25) is 37.3 Å². The summed E-state index contributed by atoms with van der Waals surface area (Å²) in [7, 11) is -9.97. The van der Waals surface area contributed by atoms with E-state index in [1.165, 1.54) is 122 Å². The maximum Gasteiger partial charge on any atom is 0.472 e. The summed E-state index contributed by atoms with van der Waals surface area (Å²) in [5, 5.41) is 10.6. The van der Waals surface area contributed by atoms with Gasteiger partial charge in [-0.15, -0.1) is 0 Å². The average Bonchev–Trinajstić information content (AvgIpc) is 0.929. The molecule has 578 valence electrons. The van der Waals surface area contributed by atoms with Crippen molar-refractivity contribution in [2.24, 2.45) is 0 Å². The summed E-state index contributed by atoms with van der Waals surface area (Å²) in [6.07, 6.45) is 76.9. The van der Waals surface area contributed by atoms with Crippen molar-refractivity contribution in [3.05, 3.63) is 97.2 Å². The zero-order chi connectivity index (χ0) is 73.2. The Kier molecular flexibility index (Phi) is 70.4. The molecule has 5 atom stereocenters. The van der Waals surface area contributed by atoms with E-state index in [-0.39, 0.29) is 25.7 Å². The van der Waals surface area contributed by atoms with Crippen LogP contribution in [0.3, 0.4) is 0 Å². The number of ether oxygens (including phenoxy) is 4. The summed E-state index contributed by atoms with van der Waals surface area (Å²) in [4.78, 5) is 72.9. The monoisotopic (exact) mass is 1450 g/mol. The number of hydrogen-bond acceptors (Lipinski definition) is 15. The molecule has 2 unspecified atom stereocenters. The molecule has 0 fully saturated rings. The second kappa shape index (κ2) is 73.3. The highest BCUT2D eigenvalue weighted by Crippen LogP contribution is 2.45. The van der Waals surface area contributed by atoms with Gasteiger partial charge in [0, 0.05) is 25.7 Å². The van der Waals surface area contributed by atoms with E-state index in [2.05, 4.69) is 107 Å². The Balaban J connectivity index is 5.40. The molecule has 3 N–H and O–H groups in total.